The third-order valence-corrected chi connectivity index (χ3v) is 6.22. The van der Waals surface area contributed by atoms with Gasteiger partial charge in [0.1, 0.15) is 5.56 Å². The Hall–Kier alpha value is -3.36. The van der Waals surface area contributed by atoms with Crippen molar-refractivity contribution in [2.75, 3.05) is 0 Å². The van der Waals surface area contributed by atoms with E-state index in [1.54, 1.807) is 11.6 Å². The van der Waals surface area contributed by atoms with Gasteiger partial charge in [0.15, 0.2) is 9.76 Å². The average molecular weight is 419 g/mol. The lowest BCUT2D eigenvalue weighted by molar-refractivity contribution is 0.0996. The highest BCUT2D eigenvalue weighted by molar-refractivity contribution is 7.15. The first-order valence-corrected chi connectivity index (χ1v) is 10.6. The van der Waals surface area contributed by atoms with Crippen molar-refractivity contribution in [2.24, 2.45) is 4.99 Å². The first-order valence-electron chi connectivity index (χ1n) is 8.85. The maximum absolute atomic E-state index is 12.7. The van der Waals surface area contributed by atoms with Gasteiger partial charge in [-0.05, 0) is 16.3 Å². The SMILES string of the molecule is O=C(N=c1sccn1Cc1cccc2ccccc12)c1cnc2sccn2c1=O. The van der Waals surface area contributed by atoms with Gasteiger partial charge in [0.25, 0.3) is 11.5 Å². The number of rotatable bonds is 3. The van der Waals surface area contributed by atoms with E-state index in [9.17, 15) is 9.59 Å². The first kappa shape index (κ1) is 17.7. The van der Waals surface area contributed by atoms with Gasteiger partial charge in [0.05, 0.1) is 6.54 Å². The zero-order valence-corrected chi connectivity index (χ0v) is 16.7. The van der Waals surface area contributed by atoms with Gasteiger partial charge in [-0.2, -0.15) is 4.99 Å². The van der Waals surface area contributed by atoms with Gasteiger partial charge < -0.3 is 4.57 Å². The molecule has 142 valence electrons. The Kier molecular flexibility index (Phi) is 4.42. The van der Waals surface area contributed by atoms with Crippen LogP contribution in [0, 0.1) is 0 Å². The number of nitrogens with zero attached hydrogens (tertiary/aromatic N) is 4. The lowest BCUT2D eigenvalue weighted by Gasteiger charge is -2.07. The Balaban J connectivity index is 1.54. The maximum Gasteiger partial charge on any atom is 0.286 e. The van der Waals surface area contributed by atoms with Crippen LogP contribution in [0.25, 0.3) is 15.7 Å². The molecule has 0 bridgehead atoms. The van der Waals surface area contributed by atoms with Gasteiger partial charge in [-0.3, -0.25) is 14.0 Å². The van der Waals surface area contributed by atoms with Gasteiger partial charge in [-0.1, -0.05) is 42.5 Å². The van der Waals surface area contributed by atoms with E-state index in [0.29, 0.717) is 16.3 Å². The van der Waals surface area contributed by atoms with Crippen LogP contribution in [-0.2, 0) is 6.54 Å². The molecule has 8 heteroatoms. The molecule has 29 heavy (non-hydrogen) atoms. The number of benzene rings is 2. The summed E-state index contributed by atoms with van der Waals surface area (Å²) < 4.78 is 3.28. The number of aromatic nitrogens is 3. The number of hydrogen-bond donors (Lipinski definition) is 0. The molecule has 0 unspecified atom stereocenters. The zero-order chi connectivity index (χ0) is 19.8. The molecule has 3 heterocycles. The largest absolute Gasteiger partial charge is 0.319 e. The summed E-state index contributed by atoms with van der Waals surface area (Å²) in [6.07, 6.45) is 4.81. The second kappa shape index (κ2) is 7.23. The third kappa shape index (κ3) is 3.22. The molecule has 0 aliphatic rings. The monoisotopic (exact) mass is 418 g/mol. The highest BCUT2D eigenvalue weighted by Crippen LogP contribution is 2.19. The van der Waals surface area contributed by atoms with Crippen molar-refractivity contribution >= 4 is 44.3 Å². The molecule has 3 aromatic heterocycles. The van der Waals surface area contributed by atoms with Crippen molar-refractivity contribution in [1.82, 2.24) is 14.0 Å². The molecular weight excluding hydrogens is 404 g/mol. The smallest absolute Gasteiger partial charge is 0.286 e. The molecule has 5 rings (SSSR count). The van der Waals surface area contributed by atoms with Crippen molar-refractivity contribution in [3.63, 3.8) is 0 Å². The third-order valence-electron chi connectivity index (χ3n) is 4.65. The van der Waals surface area contributed by atoms with E-state index in [2.05, 4.69) is 34.2 Å². The second-order valence-corrected chi connectivity index (χ2v) is 8.15. The standard InChI is InChI=1S/C21H14N4O2S2/c26-18(17-12-22-20-25(19(17)27)9-11-28-20)23-21-24(8-10-29-21)13-15-6-3-5-14-4-1-2-7-16(14)15/h1-12H,13H2. The molecule has 0 aliphatic heterocycles. The fourth-order valence-corrected chi connectivity index (χ4v) is 4.64. The fraction of sp³-hybridized carbons (Fsp3) is 0.0476. The van der Waals surface area contributed by atoms with Crippen molar-refractivity contribution < 1.29 is 4.79 Å². The molecule has 0 spiro atoms. The molecule has 2 aromatic carbocycles. The van der Waals surface area contributed by atoms with Crippen LogP contribution in [0.2, 0.25) is 0 Å². The Morgan fingerprint density at radius 3 is 2.79 bits per heavy atom. The summed E-state index contributed by atoms with van der Waals surface area (Å²) in [6, 6.07) is 14.4. The van der Waals surface area contributed by atoms with Crippen LogP contribution in [0.1, 0.15) is 15.9 Å². The minimum Gasteiger partial charge on any atom is -0.319 e. The number of hydrogen-bond acceptors (Lipinski definition) is 5. The number of thiazole rings is 2. The van der Waals surface area contributed by atoms with Crippen molar-refractivity contribution in [3.05, 3.63) is 98.1 Å². The zero-order valence-electron chi connectivity index (χ0n) is 15.1. The highest BCUT2D eigenvalue weighted by atomic mass is 32.1. The topological polar surface area (TPSA) is 68.7 Å². The average Bonchev–Trinajstić information content (AvgIpc) is 3.38. The van der Waals surface area contributed by atoms with Crippen LogP contribution in [-0.4, -0.2) is 19.9 Å². The predicted octanol–water partition coefficient (Wildman–Crippen LogP) is 3.56. The molecule has 5 aromatic rings. The molecule has 0 fully saturated rings. The maximum atomic E-state index is 12.7. The Morgan fingerprint density at radius 1 is 1.03 bits per heavy atom. The van der Waals surface area contributed by atoms with E-state index in [1.165, 1.54) is 38.7 Å². The van der Waals surface area contributed by atoms with Gasteiger partial charge in [-0.15, -0.1) is 22.7 Å². The molecule has 0 atom stereocenters. The van der Waals surface area contributed by atoms with Crippen molar-refractivity contribution in [1.29, 1.82) is 0 Å². The summed E-state index contributed by atoms with van der Waals surface area (Å²) >= 11 is 2.70. The van der Waals surface area contributed by atoms with Crippen LogP contribution in [0.5, 0.6) is 0 Å². The molecule has 6 nitrogen and oxygen atoms in total. The minimum absolute atomic E-state index is 0.0361. The molecule has 1 amide bonds. The van der Waals surface area contributed by atoms with Crippen LogP contribution in [0.4, 0.5) is 0 Å². The fourth-order valence-electron chi connectivity index (χ4n) is 3.24. The predicted molar refractivity (Wildman–Crippen MR) is 115 cm³/mol. The number of amides is 1. The number of fused-ring (bicyclic) bond motifs is 2. The van der Waals surface area contributed by atoms with E-state index < -0.39 is 11.5 Å². The van der Waals surface area contributed by atoms with Crippen LogP contribution in [0.15, 0.2) is 81.6 Å². The Labute approximate surface area is 172 Å². The van der Waals surface area contributed by atoms with E-state index in [1.807, 2.05) is 34.3 Å². The number of carbonyl (C=O) groups is 1. The van der Waals surface area contributed by atoms with Crippen LogP contribution < -0.4 is 10.4 Å². The van der Waals surface area contributed by atoms with Crippen molar-refractivity contribution in [2.45, 2.75) is 6.54 Å². The first-order chi connectivity index (χ1) is 14.2. The Bertz CT molecular complexity index is 1480. The van der Waals surface area contributed by atoms with E-state index in [-0.39, 0.29) is 5.56 Å². The molecule has 0 saturated carbocycles. The highest BCUT2D eigenvalue weighted by Gasteiger charge is 2.13. The van der Waals surface area contributed by atoms with Crippen LogP contribution >= 0.6 is 22.7 Å². The lowest BCUT2D eigenvalue weighted by Crippen LogP contribution is -2.23. The molecule has 0 aliphatic carbocycles. The second-order valence-electron chi connectivity index (χ2n) is 6.40. The van der Waals surface area contributed by atoms with E-state index in [4.69, 9.17) is 0 Å². The summed E-state index contributed by atoms with van der Waals surface area (Å²) in [4.78, 5) is 34.7. The summed E-state index contributed by atoms with van der Waals surface area (Å²) in [6.45, 7) is 0.581. The van der Waals surface area contributed by atoms with Gasteiger partial charge in [0.2, 0.25) is 0 Å². The summed E-state index contributed by atoms with van der Waals surface area (Å²) in [5.41, 5.74) is 0.699. The van der Waals surface area contributed by atoms with Gasteiger partial charge in [-0.25, -0.2) is 4.98 Å². The van der Waals surface area contributed by atoms with E-state index in [0.717, 1.165) is 10.9 Å². The quantitative estimate of drug-likeness (QED) is 0.450. The summed E-state index contributed by atoms with van der Waals surface area (Å²) in [5, 5.41) is 5.96. The van der Waals surface area contributed by atoms with Crippen molar-refractivity contribution in [3.8, 4) is 0 Å². The summed E-state index contributed by atoms with van der Waals surface area (Å²) in [5.74, 6) is -0.586. The lowest BCUT2D eigenvalue weighted by atomic mass is 10.0. The van der Waals surface area contributed by atoms with Crippen LogP contribution in [0.3, 0.4) is 0 Å². The van der Waals surface area contributed by atoms with Gasteiger partial charge in [0, 0.05) is 29.4 Å². The van der Waals surface area contributed by atoms with Gasteiger partial charge >= 0.3 is 0 Å². The molecule has 0 radical (unpaired) electrons. The molecule has 0 saturated heterocycles. The number of carbonyl (C=O) groups excluding carboxylic acids is 1. The molecular formula is C21H14N4O2S2. The van der Waals surface area contributed by atoms with E-state index >= 15 is 0 Å². The molecule has 0 N–H and O–H groups in total. The minimum atomic E-state index is -0.586. The summed E-state index contributed by atoms with van der Waals surface area (Å²) in [7, 11) is 0. The Morgan fingerprint density at radius 2 is 1.86 bits per heavy atom. The normalized spacial score (nSPS) is 12.1.